The van der Waals surface area contributed by atoms with E-state index in [9.17, 15) is 23.1 Å². The Labute approximate surface area is 200 Å². The van der Waals surface area contributed by atoms with Gasteiger partial charge in [-0.15, -0.1) is 0 Å². The lowest BCUT2D eigenvalue weighted by molar-refractivity contribution is -0.207. The minimum absolute atomic E-state index is 0.0199. The molecule has 0 fully saturated rings. The van der Waals surface area contributed by atoms with Gasteiger partial charge in [0.05, 0.1) is 30.2 Å². The molecule has 4 N–H and O–H groups in total. The van der Waals surface area contributed by atoms with Gasteiger partial charge in [0.15, 0.2) is 17.7 Å². The molecule has 4 heterocycles. The number of anilines is 4. The number of ether oxygens (including phenoxy) is 1. The third-order valence-corrected chi connectivity index (χ3v) is 4.98. The number of methoxy groups -OCH3 is 1. The highest BCUT2D eigenvalue weighted by molar-refractivity contribution is 6.01. The monoisotopic (exact) mass is 493 g/mol. The first-order valence-corrected chi connectivity index (χ1v) is 9.92. The van der Waals surface area contributed by atoms with Crippen LogP contribution in [-0.4, -0.2) is 55.7 Å². The zero-order valence-corrected chi connectivity index (χ0v) is 18.3. The van der Waals surface area contributed by atoms with Gasteiger partial charge in [0.2, 0.25) is 0 Å². The highest BCUT2D eigenvalue weighted by Gasteiger charge is 2.41. The molecule has 0 aliphatic carbocycles. The first kappa shape index (κ1) is 20.1. The summed E-state index contributed by atoms with van der Waals surface area (Å²) in [5.74, 6) is -0.657. The van der Waals surface area contributed by atoms with Crippen LogP contribution in [0.3, 0.4) is 0 Å². The molecule has 0 saturated heterocycles. The van der Waals surface area contributed by atoms with Gasteiger partial charge >= 0.3 is 6.18 Å². The summed E-state index contributed by atoms with van der Waals surface area (Å²) in [6.07, 6.45) is -2.53. The second-order valence-electron chi connectivity index (χ2n) is 7.29. The highest BCUT2D eigenvalue weighted by atomic mass is 19.4. The smallest absolute Gasteiger partial charge is 0.418 e. The second-order valence-corrected chi connectivity index (χ2v) is 7.29. The first-order chi connectivity index (χ1) is 17.8. The summed E-state index contributed by atoms with van der Waals surface area (Å²) in [6, 6.07) is 4.07. The Balaban J connectivity index is 1.80. The fourth-order valence-electron chi connectivity index (χ4n) is 3.40. The van der Waals surface area contributed by atoms with Crippen molar-refractivity contribution in [3.63, 3.8) is 0 Å². The molecule has 4 aromatic heterocycles. The van der Waals surface area contributed by atoms with E-state index in [0.29, 0.717) is 5.82 Å². The number of carbonyl (C=O) groups is 1. The maximum atomic E-state index is 13.3. The molecule has 0 aliphatic rings. The van der Waals surface area contributed by atoms with E-state index in [2.05, 4.69) is 25.8 Å². The number of fused-ring (bicyclic) bond motifs is 1. The van der Waals surface area contributed by atoms with Crippen LogP contribution >= 0.6 is 0 Å². The summed E-state index contributed by atoms with van der Waals surface area (Å²) < 4.78 is 69.8. The van der Waals surface area contributed by atoms with Gasteiger partial charge in [0.1, 0.15) is 11.3 Å². The molecule has 4 rings (SSSR count). The number of pyridine rings is 2. The molecule has 11 nitrogen and oxygen atoms in total. The van der Waals surface area contributed by atoms with Crippen LogP contribution in [0.15, 0.2) is 43.0 Å². The first-order valence-electron chi connectivity index (χ1n) is 11.4. The topological polar surface area (TPSA) is 131 Å². The van der Waals surface area contributed by atoms with E-state index in [0.717, 1.165) is 19.4 Å². The summed E-state index contributed by atoms with van der Waals surface area (Å²) in [4.78, 5) is 16.9. The van der Waals surface area contributed by atoms with Crippen molar-refractivity contribution in [2.24, 2.45) is 7.05 Å². The van der Waals surface area contributed by atoms with Crippen LogP contribution in [0.2, 0.25) is 0 Å². The van der Waals surface area contributed by atoms with Crippen molar-refractivity contribution >= 4 is 34.4 Å². The summed E-state index contributed by atoms with van der Waals surface area (Å²) in [5, 5.41) is 25.8. The van der Waals surface area contributed by atoms with Crippen molar-refractivity contribution in [3.05, 3.63) is 54.1 Å². The fourth-order valence-corrected chi connectivity index (χ4v) is 3.40. The molecular formula is C21H21F3N8O3. The number of carbonyl (C=O) groups excluding carboxylic acids is 1. The van der Waals surface area contributed by atoms with Crippen LogP contribution in [0.4, 0.5) is 36.2 Å². The van der Waals surface area contributed by atoms with Crippen molar-refractivity contribution in [2.45, 2.75) is 12.3 Å². The van der Waals surface area contributed by atoms with Gasteiger partial charge in [-0.3, -0.25) is 9.48 Å². The molecule has 0 aromatic carbocycles. The Morgan fingerprint density at radius 3 is 2.66 bits per heavy atom. The van der Waals surface area contributed by atoms with Crippen molar-refractivity contribution in [3.8, 4) is 5.75 Å². The third kappa shape index (κ3) is 4.68. The molecule has 1 amide bonds. The molecular weight excluding hydrogens is 469 g/mol. The SMILES string of the molecule is [2H]C([2H])([2H])NC(=O)c1cnc(Nc2ccn(C)n2)cc1Nc1cnn2ccc([C@H](O)C(F)(F)F)c(OC)c12. The summed E-state index contributed by atoms with van der Waals surface area (Å²) in [6.45, 7) is -2.80. The number of aliphatic hydroxyl groups is 1. The Hall–Kier alpha value is -4.33. The molecule has 0 radical (unpaired) electrons. The minimum atomic E-state index is -4.96. The number of hydrogen-bond acceptors (Lipinski definition) is 8. The number of amides is 1. The van der Waals surface area contributed by atoms with Crippen LogP contribution in [0, 0.1) is 0 Å². The number of nitrogens with one attached hydrogen (secondary N) is 3. The van der Waals surface area contributed by atoms with Gasteiger partial charge in [0, 0.05) is 54.4 Å². The Morgan fingerprint density at radius 2 is 2.00 bits per heavy atom. The highest BCUT2D eigenvalue weighted by Crippen LogP contribution is 2.41. The summed E-state index contributed by atoms with van der Waals surface area (Å²) in [7, 11) is 2.84. The van der Waals surface area contributed by atoms with Crippen molar-refractivity contribution in [1.29, 1.82) is 0 Å². The predicted molar refractivity (Wildman–Crippen MR) is 120 cm³/mol. The fraction of sp³-hybridized carbons (Fsp3) is 0.238. The van der Waals surface area contributed by atoms with Gasteiger partial charge in [-0.05, 0) is 6.07 Å². The van der Waals surface area contributed by atoms with E-state index in [1.807, 2.05) is 5.32 Å². The number of halogens is 3. The predicted octanol–water partition coefficient (Wildman–Crippen LogP) is 2.91. The average molecular weight is 493 g/mol. The van der Waals surface area contributed by atoms with Crippen LogP contribution in [-0.2, 0) is 7.05 Å². The van der Waals surface area contributed by atoms with Gasteiger partial charge in [-0.2, -0.15) is 23.4 Å². The number of alkyl halides is 3. The maximum Gasteiger partial charge on any atom is 0.418 e. The Bertz CT molecular complexity index is 1490. The van der Waals surface area contributed by atoms with Gasteiger partial charge in [0.25, 0.3) is 5.91 Å². The molecule has 4 aromatic rings. The van der Waals surface area contributed by atoms with Gasteiger partial charge < -0.3 is 25.8 Å². The van der Waals surface area contributed by atoms with Crippen LogP contribution in [0.1, 0.15) is 26.1 Å². The van der Waals surface area contributed by atoms with Gasteiger partial charge in [-0.1, -0.05) is 0 Å². The summed E-state index contributed by atoms with van der Waals surface area (Å²) in [5.41, 5.74) is -0.581. The lowest BCUT2D eigenvalue weighted by Gasteiger charge is -2.19. The Morgan fingerprint density at radius 1 is 1.20 bits per heavy atom. The molecule has 0 saturated carbocycles. The van der Waals surface area contributed by atoms with E-state index >= 15 is 0 Å². The molecule has 0 unspecified atom stereocenters. The normalized spacial score (nSPS) is 14.1. The van der Waals surface area contributed by atoms with E-state index in [4.69, 9.17) is 8.85 Å². The molecule has 0 spiro atoms. The number of hydrogen-bond donors (Lipinski definition) is 4. The van der Waals surface area contributed by atoms with Gasteiger partial charge in [-0.25, -0.2) is 9.50 Å². The largest absolute Gasteiger partial charge is 0.494 e. The molecule has 14 heteroatoms. The van der Waals surface area contributed by atoms with Crippen molar-refractivity contribution in [1.82, 2.24) is 29.7 Å². The minimum Gasteiger partial charge on any atom is -0.494 e. The number of rotatable bonds is 7. The van der Waals surface area contributed by atoms with Crippen LogP contribution < -0.4 is 20.7 Å². The second kappa shape index (κ2) is 9.13. The Kier molecular flexibility index (Phi) is 5.24. The van der Waals surface area contributed by atoms with Crippen molar-refractivity contribution < 1.29 is 31.9 Å². The quantitative estimate of drug-likeness (QED) is 0.309. The van der Waals surface area contributed by atoms with E-state index < -0.39 is 30.7 Å². The van der Waals surface area contributed by atoms with E-state index in [1.54, 1.807) is 19.3 Å². The number of aliphatic hydroxyl groups excluding tert-OH is 1. The summed E-state index contributed by atoms with van der Waals surface area (Å²) >= 11 is 0. The standard InChI is InChI=1S/C21H21F3N8O3/c1-25-20(34)12-9-26-16(29-15-5-6-31(2)30-15)8-13(12)28-14-10-27-32-7-4-11(18(35-3)17(14)32)19(33)21(22,23)24/h4-10,19,33H,1-3H3,(H,25,34)(H2,26,28,29,30)/t19-/m0/s1/i1D3. The zero-order chi connectivity index (χ0) is 27.8. The molecule has 0 bridgehead atoms. The molecule has 1 atom stereocenters. The molecule has 184 valence electrons. The number of aromatic nitrogens is 5. The molecule has 0 aliphatic heterocycles. The van der Waals surface area contributed by atoms with E-state index in [1.165, 1.54) is 27.7 Å². The molecule has 35 heavy (non-hydrogen) atoms. The van der Waals surface area contributed by atoms with E-state index in [-0.39, 0.29) is 34.0 Å². The third-order valence-electron chi connectivity index (χ3n) is 4.98. The zero-order valence-electron chi connectivity index (χ0n) is 21.3. The number of nitrogens with zero attached hydrogens (tertiary/aromatic N) is 5. The van der Waals surface area contributed by atoms with Crippen LogP contribution in [0.25, 0.3) is 5.52 Å². The van der Waals surface area contributed by atoms with Crippen molar-refractivity contribution in [2.75, 3.05) is 24.7 Å². The lowest BCUT2D eigenvalue weighted by atomic mass is 10.1. The number of aryl methyl sites for hydroxylation is 1. The average Bonchev–Trinajstić information content (AvgIpc) is 3.42. The van der Waals surface area contributed by atoms with Crippen LogP contribution in [0.5, 0.6) is 5.75 Å². The lowest BCUT2D eigenvalue weighted by Crippen LogP contribution is -2.21. The maximum absolute atomic E-state index is 13.3.